The van der Waals surface area contributed by atoms with E-state index in [2.05, 4.69) is 28.2 Å². The van der Waals surface area contributed by atoms with Gasteiger partial charge in [0.15, 0.2) is 17.3 Å². The maximum atomic E-state index is 13.1. The first-order chi connectivity index (χ1) is 14.4. The number of allylic oxidation sites excluding steroid dienone is 3. The summed E-state index contributed by atoms with van der Waals surface area (Å²) in [6.45, 7) is 4.28. The molecule has 0 fully saturated rings. The average Bonchev–Trinajstić information content (AvgIpc) is 2.72. The van der Waals surface area contributed by atoms with Gasteiger partial charge in [-0.15, -0.1) is 0 Å². The lowest BCUT2D eigenvalue weighted by molar-refractivity contribution is -0.139. The number of ketones is 1. The molecule has 1 aromatic carbocycles. The van der Waals surface area contributed by atoms with Crippen LogP contribution in [0.3, 0.4) is 0 Å². The number of rotatable bonds is 7. The quantitative estimate of drug-likeness (QED) is 0.430. The molecule has 1 aromatic rings. The number of nitrogens with one attached hydrogen (secondary N) is 1. The van der Waals surface area contributed by atoms with E-state index >= 15 is 0 Å². The number of methoxy groups -OCH3 is 1. The summed E-state index contributed by atoms with van der Waals surface area (Å²) in [6, 6.07) is 3.41. The second kappa shape index (κ2) is 9.69. The topological polar surface area (TPSA) is 84.9 Å². The molecule has 7 heteroatoms. The third kappa shape index (κ3) is 4.41. The molecule has 1 heterocycles. The van der Waals surface area contributed by atoms with Gasteiger partial charge in [-0.2, -0.15) is 0 Å². The molecule has 0 radical (unpaired) electrons. The highest BCUT2D eigenvalue weighted by Crippen LogP contribution is 2.46. The van der Waals surface area contributed by atoms with Crippen LogP contribution in [0, 0.1) is 0 Å². The molecule has 0 spiro atoms. The van der Waals surface area contributed by atoms with Crippen molar-refractivity contribution in [2.24, 2.45) is 0 Å². The molecular formula is C23H28BrNO5. The second-order valence-electron chi connectivity index (χ2n) is 7.66. The van der Waals surface area contributed by atoms with Crippen molar-refractivity contribution in [3.8, 4) is 11.5 Å². The smallest absolute Gasteiger partial charge is 0.336 e. The van der Waals surface area contributed by atoms with Crippen LogP contribution in [-0.4, -0.2) is 30.6 Å². The van der Waals surface area contributed by atoms with Gasteiger partial charge in [0.2, 0.25) is 0 Å². The molecule has 1 aliphatic heterocycles. The summed E-state index contributed by atoms with van der Waals surface area (Å²) in [5.74, 6) is -0.714. The lowest BCUT2D eigenvalue weighted by Gasteiger charge is -2.34. The number of Topliss-reactive ketones (excluding diaryl/α,β-unsaturated/α-hetero) is 1. The first-order valence-electron chi connectivity index (χ1n) is 10.4. The van der Waals surface area contributed by atoms with E-state index in [9.17, 15) is 14.7 Å². The fourth-order valence-electron chi connectivity index (χ4n) is 4.10. The van der Waals surface area contributed by atoms with E-state index in [-0.39, 0.29) is 17.3 Å². The van der Waals surface area contributed by atoms with Gasteiger partial charge in [0.1, 0.15) is 0 Å². The van der Waals surface area contributed by atoms with Crippen LogP contribution in [-0.2, 0) is 14.3 Å². The van der Waals surface area contributed by atoms with Gasteiger partial charge in [-0.05, 0) is 59.8 Å². The van der Waals surface area contributed by atoms with Crippen LogP contribution >= 0.6 is 15.9 Å². The molecule has 1 atom stereocenters. The summed E-state index contributed by atoms with van der Waals surface area (Å²) in [5.41, 5.74) is 3.28. The van der Waals surface area contributed by atoms with E-state index in [1.165, 1.54) is 7.11 Å². The van der Waals surface area contributed by atoms with E-state index in [1.807, 2.05) is 6.92 Å². The van der Waals surface area contributed by atoms with Crippen LogP contribution in [0.4, 0.5) is 0 Å². The van der Waals surface area contributed by atoms with Crippen LogP contribution in [0.1, 0.15) is 63.9 Å². The Balaban J connectivity index is 2.08. The number of dihydropyridines is 1. The van der Waals surface area contributed by atoms with Gasteiger partial charge in [-0.25, -0.2) is 4.79 Å². The SMILES string of the molecule is CCCCCOC(=O)C1=C(C)NC2=C(C(=O)CCC2)C1c1cc(Br)c(O)c(OC)c1. The van der Waals surface area contributed by atoms with Crippen molar-refractivity contribution in [2.45, 2.75) is 58.3 Å². The van der Waals surface area contributed by atoms with Gasteiger partial charge in [0, 0.05) is 29.3 Å². The van der Waals surface area contributed by atoms with E-state index < -0.39 is 11.9 Å². The Labute approximate surface area is 185 Å². The van der Waals surface area contributed by atoms with Crippen LogP contribution in [0.15, 0.2) is 39.1 Å². The van der Waals surface area contributed by atoms with Crippen LogP contribution in [0.5, 0.6) is 11.5 Å². The number of esters is 1. The minimum atomic E-state index is -0.571. The molecule has 30 heavy (non-hydrogen) atoms. The first kappa shape index (κ1) is 22.4. The molecule has 162 valence electrons. The summed E-state index contributed by atoms with van der Waals surface area (Å²) >= 11 is 3.36. The number of halogens is 1. The molecular weight excluding hydrogens is 450 g/mol. The van der Waals surface area contributed by atoms with Gasteiger partial charge >= 0.3 is 5.97 Å². The summed E-state index contributed by atoms with van der Waals surface area (Å²) in [5, 5.41) is 13.5. The standard InChI is InChI=1S/C23H28BrNO5/c1-4-5-6-10-30-23(28)19-13(2)25-16-8-7-9-17(26)21(16)20(19)14-11-15(24)22(27)18(12-14)29-3/h11-12,20,25,27H,4-10H2,1-3H3. The minimum absolute atomic E-state index is 0.0243. The van der Waals surface area contributed by atoms with Gasteiger partial charge in [-0.3, -0.25) is 4.79 Å². The van der Waals surface area contributed by atoms with Gasteiger partial charge in [0.25, 0.3) is 0 Å². The number of aromatic hydroxyl groups is 1. The van der Waals surface area contributed by atoms with Crippen molar-refractivity contribution < 1.29 is 24.2 Å². The normalized spacial score (nSPS) is 18.8. The number of hydrogen-bond acceptors (Lipinski definition) is 6. The maximum Gasteiger partial charge on any atom is 0.336 e. The number of carbonyl (C=O) groups excluding carboxylic acids is 2. The summed E-state index contributed by atoms with van der Waals surface area (Å²) < 4.78 is 11.3. The summed E-state index contributed by atoms with van der Waals surface area (Å²) in [4.78, 5) is 26.0. The fraction of sp³-hybridized carbons (Fsp3) is 0.478. The van der Waals surface area contributed by atoms with Crippen molar-refractivity contribution in [3.05, 3.63) is 44.7 Å². The zero-order chi connectivity index (χ0) is 21.8. The Morgan fingerprint density at radius 1 is 1.30 bits per heavy atom. The second-order valence-corrected chi connectivity index (χ2v) is 8.52. The van der Waals surface area contributed by atoms with Gasteiger partial charge in [-0.1, -0.05) is 19.8 Å². The van der Waals surface area contributed by atoms with E-state index in [0.29, 0.717) is 39.9 Å². The number of hydrogen-bond donors (Lipinski definition) is 2. The Morgan fingerprint density at radius 2 is 2.07 bits per heavy atom. The number of unbranched alkanes of at least 4 members (excludes halogenated alkanes) is 2. The third-order valence-corrected chi connectivity index (χ3v) is 6.19. The maximum absolute atomic E-state index is 13.1. The van der Waals surface area contributed by atoms with Crippen molar-refractivity contribution >= 4 is 27.7 Å². The Bertz CT molecular complexity index is 918. The van der Waals surface area contributed by atoms with Gasteiger partial charge < -0.3 is 19.9 Å². The van der Waals surface area contributed by atoms with E-state index in [0.717, 1.165) is 37.8 Å². The van der Waals surface area contributed by atoms with Gasteiger partial charge in [0.05, 0.1) is 23.8 Å². The number of carbonyl (C=O) groups is 2. The molecule has 2 aliphatic rings. The first-order valence-corrected chi connectivity index (χ1v) is 11.2. The molecule has 2 N–H and O–H groups in total. The van der Waals surface area contributed by atoms with Crippen LogP contribution < -0.4 is 10.1 Å². The highest BCUT2D eigenvalue weighted by molar-refractivity contribution is 9.10. The molecule has 1 aliphatic carbocycles. The lowest BCUT2D eigenvalue weighted by Crippen LogP contribution is -2.34. The Kier molecular flexibility index (Phi) is 7.23. The molecule has 0 saturated heterocycles. The predicted octanol–water partition coefficient (Wildman–Crippen LogP) is 4.86. The zero-order valence-electron chi connectivity index (χ0n) is 17.6. The largest absolute Gasteiger partial charge is 0.503 e. The fourth-order valence-corrected chi connectivity index (χ4v) is 4.56. The van der Waals surface area contributed by atoms with Crippen molar-refractivity contribution in [1.29, 1.82) is 0 Å². The molecule has 0 aromatic heterocycles. The third-order valence-electron chi connectivity index (χ3n) is 5.58. The molecule has 1 unspecified atom stereocenters. The number of phenols is 1. The summed E-state index contributed by atoms with van der Waals surface area (Å²) in [7, 11) is 1.47. The number of phenolic OH excluding ortho intramolecular Hbond substituents is 1. The predicted molar refractivity (Wildman–Crippen MR) is 117 cm³/mol. The highest BCUT2D eigenvalue weighted by Gasteiger charge is 2.39. The molecule has 3 rings (SSSR count). The van der Waals surface area contributed by atoms with Crippen LogP contribution in [0.25, 0.3) is 0 Å². The number of ether oxygens (including phenoxy) is 2. The average molecular weight is 478 g/mol. The minimum Gasteiger partial charge on any atom is -0.503 e. The molecule has 0 saturated carbocycles. The van der Waals surface area contributed by atoms with Crippen LogP contribution in [0.2, 0.25) is 0 Å². The van der Waals surface area contributed by atoms with E-state index in [1.54, 1.807) is 12.1 Å². The number of benzene rings is 1. The molecule has 6 nitrogen and oxygen atoms in total. The highest BCUT2D eigenvalue weighted by atomic mass is 79.9. The lowest BCUT2D eigenvalue weighted by atomic mass is 9.75. The molecule has 0 amide bonds. The monoisotopic (exact) mass is 477 g/mol. The van der Waals surface area contributed by atoms with Crippen molar-refractivity contribution in [3.63, 3.8) is 0 Å². The van der Waals surface area contributed by atoms with Crippen molar-refractivity contribution in [2.75, 3.05) is 13.7 Å². The van der Waals surface area contributed by atoms with Crippen molar-refractivity contribution in [1.82, 2.24) is 5.32 Å². The zero-order valence-corrected chi connectivity index (χ0v) is 19.2. The Morgan fingerprint density at radius 3 is 2.77 bits per heavy atom. The molecule has 0 bridgehead atoms. The summed E-state index contributed by atoms with van der Waals surface area (Å²) in [6.07, 6.45) is 4.82. The van der Waals surface area contributed by atoms with E-state index in [4.69, 9.17) is 9.47 Å². The Hall–Kier alpha value is -2.28.